The van der Waals surface area contributed by atoms with Gasteiger partial charge in [0.25, 0.3) is 0 Å². The van der Waals surface area contributed by atoms with Gasteiger partial charge in [-0.1, -0.05) is 28.1 Å². The highest BCUT2D eigenvalue weighted by atomic mass is 79.9. The summed E-state index contributed by atoms with van der Waals surface area (Å²) in [5.74, 6) is 0.816. The second-order valence-electron chi connectivity index (χ2n) is 4.84. The summed E-state index contributed by atoms with van der Waals surface area (Å²) in [5, 5.41) is 2.03. The van der Waals surface area contributed by atoms with Crippen LogP contribution >= 0.6 is 27.3 Å². The topological polar surface area (TPSA) is 39.4 Å². The zero-order chi connectivity index (χ0) is 16.1. The molecule has 3 aromatic rings. The van der Waals surface area contributed by atoms with E-state index in [0.717, 1.165) is 32.8 Å². The fraction of sp³-hybridized carbons (Fsp3) is 0.176. The third-order valence-corrected chi connectivity index (χ3v) is 4.76. The lowest BCUT2D eigenvalue weighted by molar-refractivity contribution is 0.416. The predicted molar refractivity (Wildman–Crippen MR) is 96.7 cm³/mol. The van der Waals surface area contributed by atoms with Crippen molar-refractivity contribution in [3.63, 3.8) is 0 Å². The molecule has 0 radical (unpaired) electrons. The lowest BCUT2D eigenvalue weighted by Crippen LogP contribution is -2.11. The van der Waals surface area contributed by atoms with E-state index in [1.54, 1.807) is 24.6 Å². The van der Waals surface area contributed by atoms with Gasteiger partial charge in [0.05, 0.1) is 24.8 Å². The summed E-state index contributed by atoms with van der Waals surface area (Å²) in [4.78, 5) is 10.0. The van der Waals surface area contributed by atoms with Gasteiger partial charge < -0.3 is 9.30 Å². The minimum absolute atomic E-state index is 0.617. The molecule has 3 rings (SSSR count). The fourth-order valence-corrected chi connectivity index (χ4v) is 3.54. The highest BCUT2D eigenvalue weighted by Gasteiger charge is 2.07. The number of methoxy groups -OCH3 is 1. The SMILES string of the molecule is COc1cc(CN=c2sccn2CBr)ccc1-c1ccccn1. The van der Waals surface area contributed by atoms with Crippen molar-refractivity contribution in [3.8, 4) is 17.0 Å². The van der Waals surface area contributed by atoms with Crippen LogP contribution in [0, 0.1) is 0 Å². The molecule has 0 amide bonds. The van der Waals surface area contributed by atoms with E-state index in [0.29, 0.717) is 6.54 Å². The van der Waals surface area contributed by atoms with E-state index in [1.165, 1.54) is 0 Å². The summed E-state index contributed by atoms with van der Waals surface area (Å²) in [6, 6.07) is 12.0. The Morgan fingerprint density at radius 2 is 2.22 bits per heavy atom. The zero-order valence-electron chi connectivity index (χ0n) is 12.6. The summed E-state index contributed by atoms with van der Waals surface area (Å²) in [5.41, 5.74) is 3.75. The maximum Gasteiger partial charge on any atom is 0.185 e. The first-order valence-corrected chi connectivity index (χ1v) is 9.10. The molecule has 0 saturated carbocycles. The Hall–Kier alpha value is -1.92. The van der Waals surface area contributed by atoms with Crippen molar-refractivity contribution in [2.75, 3.05) is 7.11 Å². The van der Waals surface area contributed by atoms with Crippen molar-refractivity contribution in [2.24, 2.45) is 4.99 Å². The lowest BCUT2D eigenvalue weighted by atomic mass is 10.1. The van der Waals surface area contributed by atoms with E-state index in [-0.39, 0.29) is 0 Å². The molecule has 2 heterocycles. The molecule has 0 aliphatic rings. The van der Waals surface area contributed by atoms with Crippen LogP contribution in [0.3, 0.4) is 0 Å². The van der Waals surface area contributed by atoms with Gasteiger partial charge in [-0.25, -0.2) is 0 Å². The van der Waals surface area contributed by atoms with E-state index < -0.39 is 0 Å². The Morgan fingerprint density at radius 3 is 2.96 bits per heavy atom. The highest BCUT2D eigenvalue weighted by Crippen LogP contribution is 2.29. The van der Waals surface area contributed by atoms with Crippen LogP contribution in [0.5, 0.6) is 5.75 Å². The third-order valence-electron chi connectivity index (χ3n) is 3.39. The van der Waals surface area contributed by atoms with Gasteiger partial charge in [0.2, 0.25) is 0 Å². The number of thiazole rings is 1. The van der Waals surface area contributed by atoms with Crippen LogP contribution in [0.2, 0.25) is 0 Å². The maximum absolute atomic E-state index is 5.53. The molecular weight excluding hydrogens is 374 g/mol. The Labute approximate surface area is 147 Å². The zero-order valence-corrected chi connectivity index (χ0v) is 15.0. The van der Waals surface area contributed by atoms with Crippen LogP contribution in [0.25, 0.3) is 11.3 Å². The molecule has 0 spiro atoms. The van der Waals surface area contributed by atoms with Gasteiger partial charge in [0.15, 0.2) is 4.80 Å². The van der Waals surface area contributed by atoms with Crippen LogP contribution in [0.15, 0.2) is 59.2 Å². The molecule has 0 atom stereocenters. The van der Waals surface area contributed by atoms with Gasteiger partial charge in [-0.15, -0.1) is 11.3 Å². The van der Waals surface area contributed by atoms with Crippen LogP contribution in [-0.2, 0) is 12.0 Å². The average Bonchev–Trinajstić information content (AvgIpc) is 3.08. The number of nitrogens with zero attached hydrogens (tertiary/aromatic N) is 3. The first-order chi connectivity index (χ1) is 11.3. The predicted octanol–water partition coefficient (Wildman–Crippen LogP) is 4.07. The van der Waals surface area contributed by atoms with E-state index in [1.807, 2.05) is 41.9 Å². The maximum atomic E-state index is 5.53. The number of alkyl halides is 1. The van der Waals surface area contributed by atoms with E-state index in [9.17, 15) is 0 Å². The Balaban J connectivity index is 1.89. The molecule has 118 valence electrons. The molecule has 6 heteroatoms. The molecule has 0 saturated heterocycles. The van der Waals surface area contributed by atoms with Crippen molar-refractivity contribution in [1.82, 2.24) is 9.55 Å². The Bertz CT molecular complexity index is 842. The van der Waals surface area contributed by atoms with Crippen molar-refractivity contribution < 1.29 is 4.74 Å². The fourth-order valence-electron chi connectivity index (χ4n) is 2.24. The molecule has 0 aliphatic carbocycles. The minimum atomic E-state index is 0.617. The van der Waals surface area contributed by atoms with Crippen LogP contribution in [0.4, 0.5) is 0 Å². The van der Waals surface area contributed by atoms with Gasteiger partial charge >= 0.3 is 0 Å². The number of hydrogen-bond donors (Lipinski definition) is 0. The normalized spacial score (nSPS) is 11.7. The standard InChI is InChI=1S/C17H16BrN3OS/c1-22-16-10-13(11-20-17-21(12-18)8-9-23-17)5-6-14(16)15-4-2-3-7-19-15/h2-10H,11-12H2,1H3. The second kappa shape index (κ2) is 7.57. The Kier molecular flexibility index (Phi) is 5.25. The molecule has 2 aromatic heterocycles. The first kappa shape index (κ1) is 16.0. The minimum Gasteiger partial charge on any atom is -0.496 e. The number of aromatic nitrogens is 2. The molecule has 0 bridgehead atoms. The van der Waals surface area contributed by atoms with Gasteiger partial charge in [-0.2, -0.15) is 0 Å². The van der Waals surface area contributed by atoms with Gasteiger partial charge in [-0.05, 0) is 29.8 Å². The largest absolute Gasteiger partial charge is 0.496 e. The van der Waals surface area contributed by atoms with E-state index in [4.69, 9.17) is 4.74 Å². The number of ether oxygens (including phenoxy) is 1. The van der Waals surface area contributed by atoms with Crippen molar-refractivity contribution in [2.45, 2.75) is 12.0 Å². The summed E-state index contributed by atoms with van der Waals surface area (Å²) < 4.78 is 7.59. The lowest BCUT2D eigenvalue weighted by Gasteiger charge is -2.09. The molecule has 0 fully saturated rings. The Morgan fingerprint density at radius 1 is 1.30 bits per heavy atom. The summed E-state index contributed by atoms with van der Waals surface area (Å²) in [7, 11) is 1.68. The van der Waals surface area contributed by atoms with Crippen LogP contribution in [-0.4, -0.2) is 16.7 Å². The van der Waals surface area contributed by atoms with Crippen molar-refractivity contribution in [3.05, 3.63) is 64.5 Å². The van der Waals surface area contributed by atoms with Crippen LogP contribution < -0.4 is 9.54 Å². The highest BCUT2D eigenvalue weighted by molar-refractivity contribution is 9.08. The van der Waals surface area contributed by atoms with Gasteiger partial charge in [-0.3, -0.25) is 9.98 Å². The van der Waals surface area contributed by atoms with E-state index in [2.05, 4.69) is 36.5 Å². The van der Waals surface area contributed by atoms with Crippen LogP contribution in [0.1, 0.15) is 5.56 Å². The summed E-state index contributed by atoms with van der Waals surface area (Å²) >= 11 is 5.08. The quantitative estimate of drug-likeness (QED) is 0.616. The molecule has 23 heavy (non-hydrogen) atoms. The van der Waals surface area contributed by atoms with Crippen molar-refractivity contribution >= 4 is 27.3 Å². The van der Waals surface area contributed by atoms with E-state index >= 15 is 0 Å². The molecule has 0 unspecified atom stereocenters. The molecule has 0 N–H and O–H groups in total. The number of pyridine rings is 1. The molecule has 1 aromatic carbocycles. The average molecular weight is 390 g/mol. The van der Waals surface area contributed by atoms with Crippen molar-refractivity contribution in [1.29, 1.82) is 0 Å². The van der Waals surface area contributed by atoms with Gasteiger partial charge in [0, 0.05) is 23.3 Å². The monoisotopic (exact) mass is 389 g/mol. The molecule has 0 aliphatic heterocycles. The summed E-state index contributed by atoms with van der Waals surface area (Å²) in [6.07, 6.45) is 3.80. The van der Waals surface area contributed by atoms with Gasteiger partial charge in [0.1, 0.15) is 5.75 Å². The molecular formula is C17H16BrN3OS. The number of benzene rings is 1. The second-order valence-corrected chi connectivity index (χ2v) is 6.22. The number of halogens is 1. The number of rotatable bonds is 5. The number of hydrogen-bond acceptors (Lipinski definition) is 4. The smallest absolute Gasteiger partial charge is 0.185 e. The molecule has 4 nitrogen and oxygen atoms in total. The first-order valence-electron chi connectivity index (χ1n) is 7.10. The third kappa shape index (κ3) is 3.71. The summed E-state index contributed by atoms with van der Waals surface area (Å²) in [6.45, 7) is 0.617.